The molecule has 0 bridgehead atoms. The minimum atomic E-state index is -0.0175. The number of rotatable bonds is 4. The van der Waals surface area contributed by atoms with Gasteiger partial charge in [0.25, 0.3) is 0 Å². The maximum atomic E-state index is 12.5. The first-order valence-corrected chi connectivity index (χ1v) is 8.95. The molecule has 134 valence electrons. The lowest BCUT2D eigenvalue weighted by Crippen LogP contribution is -2.33. The number of anilines is 1. The molecule has 2 amide bonds. The lowest BCUT2D eigenvalue weighted by molar-refractivity contribution is 0.220. The van der Waals surface area contributed by atoms with E-state index in [2.05, 4.69) is 47.8 Å². The maximum Gasteiger partial charge on any atom is 0.321 e. The second kappa shape index (κ2) is 7.25. The molecule has 6 heteroatoms. The van der Waals surface area contributed by atoms with Crippen LogP contribution >= 0.6 is 0 Å². The van der Waals surface area contributed by atoms with Crippen molar-refractivity contribution in [1.29, 1.82) is 0 Å². The number of aromatic nitrogens is 3. The molecule has 1 aromatic carbocycles. The number of carbonyl (C=O) groups is 1. The van der Waals surface area contributed by atoms with Gasteiger partial charge in [0.1, 0.15) is 12.2 Å². The van der Waals surface area contributed by atoms with Gasteiger partial charge in [-0.2, -0.15) is 0 Å². The molecule has 25 heavy (non-hydrogen) atoms. The van der Waals surface area contributed by atoms with Crippen molar-refractivity contribution >= 4 is 11.7 Å². The van der Waals surface area contributed by atoms with Gasteiger partial charge in [0, 0.05) is 31.2 Å². The minimum Gasteiger partial charge on any atom is -0.324 e. The first-order valence-electron chi connectivity index (χ1n) is 8.95. The number of urea groups is 1. The van der Waals surface area contributed by atoms with Crippen molar-refractivity contribution in [3.8, 4) is 0 Å². The molecule has 1 atom stereocenters. The third kappa shape index (κ3) is 4.00. The summed E-state index contributed by atoms with van der Waals surface area (Å²) in [5.41, 5.74) is 3.27. The third-order valence-electron chi connectivity index (χ3n) is 5.01. The van der Waals surface area contributed by atoms with Crippen molar-refractivity contribution < 1.29 is 4.79 Å². The predicted octanol–water partition coefficient (Wildman–Crippen LogP) is 3.57. The quantitative estimate of drug-likeness (QED) is 0.924. The first-order chi connectivity index (χ1) is 11.9. The molecule has 0 spiro atoms. The Morgan fingerprint density at radius 1 is 1.32 bits per heavy atom. The highest BCUT2D eigenvalue weighted by atomic mass is 16.2. The van der Waals surface area contributed by atoms with E-state index in [-0.39, 0.29) is 6.03 Å². The number of benzene rings is 1. The molecule has 0 saturated carbocycles. The van der Waals surface area contributed by atoms with Gasteiger partial charge >= 0.3 is 6.03 Å². The summed E-state index contributed by atoms with van der Waals surface area (Å²) in [5, 5.41) is 11.3. The molecule has 2 aromatic rings. The summed E-state index contributed by atoms with van der Waals surface area (Å²) in [6.45, 7) is 9.94. The van der Waals surface area contributed by atoms with Gasteiger partial charge in [0.15, 0.2) is 0 Å². The van der Waals surface area contributed by atoms with Crippen molar-refractivity contribution in [2.24, 2.45) is 5.92 Å². The van der Waals surface area contributed by atoms with Gasteiger partial charge < -0.3 is 14.8 Å². The predicted molar refractivity (Wildman–Crippen MR) is 98.7 cm³/mol. The van der Waals surface area contributed by atoms with Gasteiger partial charge in [-0.05, 0) is 63.3 Å². The third-order valence-corrected chi connectivity index (χ3v) is 5.01. The average molecular weight is 341 g/mol. The smallest absolute Gasteiger partial charge is 0.321 e. The van der Waals surface area contributed by atoms with E-state index in [1.165, 1.54) is 11.1 Å². The van der Waals surface area contributed by atoms with Gasteiger partial charge in [-0.1, -0.05) is 6.07 Å². The van der Waals surface area contributed by atoms with Crippen LogP contribution in [0.3, 0.4) is 0 Å². The van der Waals surface area contributed by atoms with Crippen LogP contribution in [0.1, 0.15) is 43.3 Å². The zero-order valence-electron chi connectivity index (χ0n) is 15.5. The van der Waals surface area contributed by atoms with Gasteiger partial charge in [-0.15, -0.1) is 10.2 Å². The standard InChI is InChI=1S/C19H27N5O/c1-13(2)24-12-20-22-18(24)10-16-7-8-23(11-16)19(25)21-17-6-5-14(3)15(4)9-17/h5-6,9,12-13,16H,7-8,10-11H2,1-4H3,(H,21,25). The van der Waals surface area contributed by atoms with E-state index in [1.807, 2.05) is 23.1 Å². The SMILES string of the molecule is Cc1ccc(NC(=O)N2CCC(Cc3nncn3C(C)C)C2)cc1C. The minimum absolute atomic E-state index is 0.0175. The van der Waals surface area contributed by atoms with Crippen LogP contribution in [0.15, 0.2) is 24.5 Å². The molecule has 3 rings (SSSR count). The number of hydrogen-bond donors (Lipinski definition) is 1. The van der Waals surface area contributed by atoms with Crippen molar-refractivity contribution in [1.82, 2.24) is 19.7 Å². The van der Waals surface area contributed by atoms with Crippen LogP contribution in [0.25, 0.3) is 0 Å². The van der Waals surface area contributed by atoms with Crippen molar-refractivity contribution in [2.75, 3.05) is 18.4 Å². The van der Waals surface area contributed by atoms with Crippen LogP contribution in [0.5, 0.6) is 0 Å². The van der Waals surface area contributed by atoms with E-state index in [4.69, 9.17) is 0 Å². The summed E-state index contributed by atoms with van der Waals surface area (Å²) >= 11 is 0. The average Bonchev–Trinajstić information content (AvgIpc) is 3.21. The van der Waals surface area contributed by atoms with Crippen molar-refractivity contribution in [3.05, 3.63) is 41.5 Å². The van der Waals surface area contributed by atoms with E-state index in [0.29, 0.717) is 12.0 Å². The van der Waals surface area contributed by atoms with Crippen LogP contribution in [0, 0.1) is 19.8 Å². The molecule has 6 nitrogen and oxygen atoms in total. The van der Waals surface area contributed by atoms with Crippen molar-refractivity contribution in [2.45, 2.75) is 46.6 Å². The topological polar surface area (TPSA) is 63.1 Å². The Kier molecular flexibility index (Phi) is 5.06. The largest absolute Gasteiger partial charge is 0.324 e. The summed E-state index contributed by atoms with van der Waals surface area (Å²) in [4.78, 5) is 14.4. The fourth-order valence-electron chi connectivity index (χ4n) is 3.31. The number of carbonyl (C=O) groups excluding carboxylic acids is 1. The molecule has 2 heterocycles. The van der Waals surface area contributed by atoms with Crippen LogP contribution in [-0.2, 0) is 6.42 Å². The molecular weight excluding hydrogens is 314 g/mol. The highest BCUT2D eigenvalue weighted by Gasteiger charge is 2.27. The number of nitrogens with one attached hydrogen (secondary N) is 1. The highest BCUT2D eigenvalue weighted by molar-refractivity contribution is 5.89. The second-order valence-corrected chi connectivity index (χ2v) is 7.28. The summed E-state index contributed by atoms with van der Waals surface area (Å²) in [6, 6.07) is 6.35. The van der Waals surface area contributed by atoms with Crippen molar-refractivity contribution in [3.63, 3.8) is 0 Å². The fourth-order valence-corrected chi connectivity index (χ4v) is 3.31. The number of amides is 2. The molecule has 1 aliphatic rings. The van der Waals surface area contributed by atoms with Crippen LogP contribution in [-0.4, -0.2) is 38.8 Å². The van der Waals surface area contributed by atoms with Crippen LogP contribution in [0.2, 0.25) is 0 Å². The normalized spacial score (nSPS) is 17.3. The molecule has 1 unspecified atom stereocenters. The summed E-state index contributed by atoms with van der Waals surface area (Å²) < 4.78 is 2.11. The number of nitrogens with zero attached hydrogens (tertiary/aromatic N) is 4. The molecule has 1 aliphatic heterocycles. The Hall–Kier alpha value is -2.37. The van der Waals surface area contributed by atoms with E-state index < -0.39 is 0 Å². The molecule has 1 N–H and O–H groups in total. The molecule has 0 aliphatic carbocycles. The number of likely N-dealkylation sites (tertiary alicyclic amines) is 1. The Morgan fingerprint density at radius 2 is 2.12 bits per heavy atom. The Bertz CT molecular complexity index is 752. The summed E-state index contributed by atoms with van der Waals surface area (Å²) in [5.74, 6) is 1.45. The van der Waals surface area contributed by atoms with E-state index in [9.17, 15) is 4.79 Å². The number of hydrogen-bond acceptors (Lipinski definition) is 3. The monoisotopic (exact) mass is 341 g/mol. The lowest BCUT2D eigenvalue weighted by atomic mass is 10.0. The summed E-state index contributed by atoms with van der Waals surface area (Å²) in [6.07, 6.45) is 3.66. The molecule has 1 aromatic heterocycles. The Labute approximate surface area is 149 Å². The maximum absolute atomic E-state index is 12.5. The molecule has 0 radical (unpaired) electrons. The van der Waals surface area contributed by atoms with Gasteiger partial charge in [-0.25, -0.2) is 4.79 Å². The molecule has 1 fully saturated rings. The Morgan fingerprint density at radius 3 is 2.84 bits per heavy atom. The summed E-state index contributed by atoms with van der Waals surface area (Å²) in [7, 11) is 0. The van der Waals surface area contributed by atoms with Gasteiger partial charge in [0.05, 0.1) is 0 Å². The van der Waals surface area contributed by atoms with E-state index >= 15 is 0 Å². The zero-order valence-corrected chi connectivity index (χ0v) is 15.5. The first kappa shape index (κ1) is 17.5. The molecular formula is C19H27N5O. The number of aryl methyl sites for hydroxylation is 2. The Balaban J connectivity index is 1.57. The molecule has 1 saturated heterocycles. The van der Waals surface area contributed by atoms with Crippen LogP contribution < -0.4 is 5.32 Å². The van der Waals surface area contributed by atoms with E-state index in [1.54, 1.807) is 6.33 Å². The van der Waals surface area contributed by atoms with Gasteiger partial charge in [-0.3, -0.25) is 0 Å². The van der Waals surface area contributed by atoms with Crippen LogP contribution in [0.4, 0.5) is 10.5 Å². The zero-order chi connectivity index (χ0) is 18.0. The highest BCUT2D eigenvalue weighted by Crippen LogP contribution is 2.22. The van der Waals surface area contributed by atoms with E-state index in [0.717, 1.165) is 37.4 Å². The van der Waals surface area contributed by atoms with Gasteiger partial charge in [0.2, 0.25) is 0 Å². The second-order valence-electron chi connectivity index (χ2n) is 7.28. The fraction of sp³-hybridized carbons (Fsp3) is 0.526. The lowest BCUT2D eigenvalue weighted by Gasteiger charge is -2.18.